The Hall–Kier alpha value is -2.35. The highest BCUT2D eigenvalue weighted by molar-refractivity contribution is 5.47. The minimum absolute atomic E-state index is 0.00421. The fourth-order valence-electron chi connectivity index (χ4n) is 2.08. The smallest absolute Gasteiger partial charge is 0.272 e. The van der Waals surface area contributed by atoms with Gasteiger partial charge in [0.1, 0.15) is 0 Å². The molecule has 0 amide bonds. The number of nitro groups is 1. The van der Waals surface area contributed by atoms with Gasteiger partial charge in [-0.25, -0.2) is 0 Å². The van der Waals surface area contributed by atoms with Gasteiger partial charge < -0.3 is 5.32 Å². The third kappa shape index (κ3) is 3.22. The van der Waals surface area contributed by atoms with E-state index in [0.717, 1.165) is 13.0 Å². The number of nitrogens with zero attached hydrogens (tertiary/aromatic N) is 5. The normalized spacial score (nSPS) is 12.3. The molecule has 21 heavy (non-hydrogen) atoms. The van der Waals surface area contributed by atoms with Crippen molar-refractivity contribution in [1.29, 1.82) is 0 Å². The van der Waals surface area contributed by atoms with Gasteiger partial charge in [0.25, 0.3) is 5.69 Å². The Morgan fingerprint density at radius 1 is 1.48 bits per heavy atom. The van der Waals surface area contributed by atoms with E-state index < -0.39 is 4.92 Å². The Labute approximate surface area is 122 Å². The Morgan fingerprint density at radius 2 is 2.24 bits per heavy atom. The highest BCUT2D eigenvalue weighted by Crippen LogP contribution is 2.22. The predicted octanol–water partition coefficient (Wildman–Crippen LogP) is 1.94. The van der Waals surface area contributed by atoms with Crippen molar-refractivity contribution in [1.82, 2.24) is 25.5 Å². The van der Waals surface area contributed by atoms with Crippen LogP contribution in [0.5, 0.6) is 0 Å². The second-order valence-corrected chi connectivity index (χ2v) is 4.85. The third-order valence-electron chi connectivity index (χ3n) is 3.20. The number of nitro benzene ring substituents is 1. The molecule has 0 radical (unpaired) electrons. The van der Waals surface area contributed by atoms with E-state index in [4.69, 9.17) is 0 Å². The van der Waals surface area contributed by atoms with E-state index in [-0.39, 0.29) is 11.7 Å². The average Bonchev–Trinajstić information content (AvgIpc) is 2.93. The van der Waals surface area contributed by atoms with E-state index in [1.54, 1.807) is 23.7 Å². The van der Waals surface area contributed by atoms with E-state index in [9.17, 15) is 10.1 Å². The van der Waals surface area contributed by atoms with Crippen molar-refractivity contribution in [3.8, 4) is 5.69 Å². The highest BCUT2D eigenvalue weighted by atomic mass is 16.6. The summed E-state index contributed by atoms with van der Waals surface area (Å²) in [5.41, 5.74) is 1.38. The van der Waals surface area contributed by atoms with Crippen molar-refractivity contribution in [3.63, 3.8) is 0 Å². The quantitative estimate of drug-likeness (QED) is 0.644. The van der Waals surface area contributed by atoms with Crippen molar-refractivity contribution in [2.75, 3.05) is 6.54 Å². The van der Waals surface area contributed by atoms with Crippen molar-refractivity contribution in [2.24, 2.45) is 0 Å². The van der Waals surface area contributed by atoms with E-state index in [2.05, 4.69) is 27.8 Å². The summed E-state index contributed by atoms with van der Waals surface area (Å²) in [6.07, 6.45) is 1.02. The fourth-order valence-corrected chi connectivity index (χ4v) is 2.08. The molecule has 112 valence electrons. The molecular formula is C13H18N6O2. The van der Waals surface area contributed by atoms with Crippen molar-refractivity contribution in [2.45, 2.75) is 33.2 Å². The Bertz CT molecular complexity index is 639. The summed E-state index contributed by atoms with van der Waals surface area (Å²) in [6.45, 7) is 6.64. The molecule has 0 aliphatic carbocycles. The molecule has 1 aromatic heterocycles. The van der Waals surface area contributed by atoms with Crippen LogP contribution in [0.25, 0.3) is 5.69 Å². The molecule has 1 heterocycles. The van der Waals surface area contributed by atoms with Gasteiger partial charge >= 0.3 is 0 Å². The SMILES string of the molecule is CCCNC(C)c1nnnn1-c1ccc([N+](=O)[O-])c(C)c1. The summed E-state index contributed by atoms with van der Waals surface area (Å²) in [5.74, 6) is 0.678. The molecule has 0 saturated carbocycles. The van der Waals surface area contributed by atoms with Crippen LogP contribution in [0.1, 0.15) is 37.7 Å². The Kier molecular flexibility index (Phi) is 4.59. The van der Waals surface area contributed by atoms with Gasteiger partial charge in [0.05, 0.1) is 16.7 Å². The summed E-state index contributed by atoms with van der Waals surface area (Å²) in [7, 11) is 0. The summed E-state index contributed by atoms with van der Waals surface area (Å²) in [6, 6.07) is 4.83. The zero-order valence-electron chi connectivity index (χ0n) is 12.3. The lowest BCUT2D eigenvalue weighted by Crippen LogP contribution is -2.22. The van der Waals surface area contributed by atoms with Gasteiger partial charge in [-0.2, -0.15) is 4.68 Å². The van der Waals surface area contributed by atoms with Crippen LogP contribution in [0.3, 0.4) is 0 Å². The molecule has 0 aliphatic rings. The first kappa shape index (κ1) is 15.0. The number of aromatic nitrogens is 4. The van der Waals surface area contributed by atoms with E-state index >= 15 is 0 Å². The number of benzene rings is 1. The fraction of sp³-hybridized carbons (Fsp3) is 0.462. The van der Waals surface area contributed by atoms with Gasteiger partial charge in [-0.05, 0) is 49.4 Å². The van der Waals surface area contributed by atoms with E-state index in [0.29, 0.717) is 17.1 Å². The summed E-state index contributed by atoms with van der Waals surface area (Å²) in [4.78, 5) is 10.5. The third-order valence-corrected chi connectivity index (χ3v) is 3.20. The van der Waals surface area contributed by atoms with Gasteiger partial charge in [0, 0.05) is 11.6 Å². The number of tetrazole rings is 1. The molecule has 1 unspecified atom stereocenters. The topological polar surface area (TPSA) is 98.8 Å². The summed E-state index contributed by atoms with van der Waals surface area (Å²) >= 11 is 0. The van der Waals surface area contributed by atoms with Crippen LogP contribution >= 0.6 is 0 Å². The number of hydrogen-bond acceptors (Lipinski definition) is 6. The molecule has 8 nitrogen and oxygen atoms in total. The number of hydrogen-bond donors (Lipinski definition) is 1. The molecule has 0 saturated heterocycles. The zero-order chi connectivity index (χ0) is 15.4. The Balaban J connectivity index is 2.33. The highest BCUT2D eigenvalue weighted by Gasteiger charge is 2.17. The summed E-state index contributed by atoms with van der Waals surface area (Å²) in [5, 5.41) is 25.9. The van der Waals surface area contributed by atoms with Crippen LogP contribution in [0.4, 0.5) is 5.69 Å². The van der Waals surface area contributed by atoms with Crippen molar-refractivity contribution >= 4 is 5.69 Å². The molecule has 1 aromatic carbocycles. The maximum Gasteiger partial charge on any atom is 0.272 e. The summed E-state index contributed by atoms with van der Waals surface area (Å²) < 4.78 is 1.60. The first-order valence-corrected chi connectivity index (χ1v) is 6.81. The van der Waals surface area contributed by atoms with Crippen LogP contribution in [0, 0.1) is 17.0 Å². The molecule has 0 fully saturated rings. The molecule has 2 aromatic rings. The molecule has 1 N–H and O–H groups in total. The molecule has 8 heteroatoms. The number of nitrogens with one attached hydrogen (secondary N) is 1. The van der Waals surface area contributed by atoms with Crippen LogP contribution in [0.15, 0.2) is 18.2 Å². The van der Waals surface area contributed by atoms with Gasteiger partial charge in [-0.1, -0.05) is 6.92 Å². The van der Waals surface area contributed by atoms with Crippen LogP contribution in [-0.2, 0) is 0 Å². The lowest BCUT2D eigenvalue weighted by molar-refractivity contribution is -0.385. The zero-order valence-corrected chi connectivity index (χ0v) is 12.3. The second-order valence-electron chi connectivity index (χ2n) is 4.85. The minimum Gasteiger partial charge on any atom is -0.307 e. The van der Waals surface area contributed by atoms with Gasteiger partial charge in [0.2, 0.25) is 0 Å². The maximum absolute atomic E-state index is 10.9. The molecular weight excluding hydrogens is 272 g/mol. The first-order valence-electron chi connectivity index (χ1n) is 6.81. The van der Waals surface area contributed by atoms with Crippen LogP contribution < -0.4 is 5.32 Å². The van der Waals surface area contributed by atoms with Crippen molar-refractivity contribution in [3.05, 3.63) is 39.7 Å². The maximum atomic E-state index is 10.9. The second kappa shape index (κ2) is 6.40. The largest absolute Gasteiger partial charge is 0.307 e. The minimum atomic E-state index is -0.398. The van der Waals surface area contributed by atoms with Gasteiger partial charge in [-0.3, -0.25) is 10.1 Å². The molecule has 2 rings (SSSR count). The monoisotopic (exact) mass is 290 g/mol. The van der Waals surface area contributed by atoms with Crippen LogP contribution in [-0.4, -0.2) is 31.7 Å². The van der Waals surface area contributed by atoms with Gasteiger partial charge in [-0.15, -0.1) is 5.10 Å². The molecule has 0 spiro atoms. The van der Waals surface area contributed by atoms with Crippen LogP contribution in [0.2, 0.25) is 0 Å². The Morgan fingerprint density at radius 3 is 2.86 bits per heavy atom. The predicted molar refractivity (Wildman–Crippen MR) is 77.3 cm³/mol. The number of rotatable bonds is 6. The number of aryl methyl sites for hydroxylation is 1. The molecule has 0 aliphatic heterocycles. The lowest BCUT2D eigenvalue weighted by atomic mass is 10.2. The van der Waals surface area contributed by atoms with E-state index in [1.165, 1.54) is 6.07 Å². The standard InChI is InChI=1S/C13H18N6O2/c1-4-7-14-10(3)13-15-16-17-18(13)11-5-6-12(19(20)21)9(2)8-11/h5-6,8,10,14H,4,7H2,1-3H3. The first-order chi connectivity index (χ1) is 10.0. The van der Waals surface area contributed by atoms with Gasteiger partial charge in [0.15, 0.2) is 5.82 Å². The van der Waals surface area contributed by atoms with Crippen molar-refractivity contribution < 1.29 is 4.92 Å². The van der Waals surface area contributed by atoms with E-state index in [1.807, 2.05) is 6.92 Å². The molecule has 1 atom stereocenters. The molecule has 0 bridgehead atoms. The lowest BCUT2D eigenvalue weighted by Gasteiger charge is -2.13. The average molecular weight is 290 g/mol.